The summed E-state index contributed by atoms with van der Waals surface area (Å²) in [6, 6.07) is -0.702. The minimum absolute atomic E-state index is 0.0762. The Hall–Kier alpha value is -1.66. The monoisotopic (exact) mass is 958 g/mol. The molecule has 0 rings (SSSR count). The molecule has 3 N–H and O–H groups in total. The van der Waals surface area contributed by atoms with Gasteiger partial charge in [0.2, 0.25) is 5.91 Å². The minimum Gasteiger partial charge on any atom is -0.462 e. The molecular weight excluding hydrogens is 839 g/mol. The third kappa shape index (κ3) is 50.7. The quantitative estimate of drug-likeness (QED) is 0.0321. The predicted molar refractivity (Wildman–Crippen MR) is 296 cm³/mol. The molecule has 1 amide bonds. The van der Waals surface area contributed by atoms with Crippen LogP contribution in [0.3, 0.4) is 0 Å². The van der Waals surface area contributed by atoms with Gasteiger partial charge in [0.15, 0.2) is 0 Å². The van der Waals surface area contributed by atoms with E-state index in [1.54, 1.807) is 0 Å². The summed E-state index contributed by atoms with van der Waals surface area (Å²) in [6.07, 6.45) is 66.7. The first-order valence-corrected chi connectivity index (χ1v) is 30.6. The van der Waals surface area contributed by atoms with E-state index in [1.165, 1.54) is 231 Å². The first kappa shape index (κ1) is 66.3. The summed E-state index contributed by atoms with van der Waals surface area (Å²) >= 11 is 0. The predicted octanol–water partition coefficient (Wildman–Crippen LogP) is 19.0. The maximum absolute atomic E-state index is 13.3. The lowest BCUT2D eigenvalue weighted by Crippen LogP contribution is -2.46. The van der Waals surface area contributed by atoms with Crippen LogP contribution in [0.5, 0.6) is 0 Å². The topological polar surface area (TPSA) is 95.9 Å². The maximum atomic E-state index is 13.3. The van der Waals surface area contributed by atoms with Gasteiger partial charge in [-0.25, -0.2) is 0 Å². The normalized spacial score (nSPS) is 13.2. The number of ether oxygens (including phenoxy) is 1. The van der Waals surface area contributed by atoms with Crippen LogP contribution in [0.15, 0.2) is 24.3 Å². The molecule has 0 aliphatic rings. The Morgan fingerprint density at radius 1 is 0.412 bits per heavy atom. The van der Waals surface area contributed by atoms with E-state index in [9.17, 15) is 19.8 Å². The Morgan fingerprint density at radius 2 is 0.706 bits per heavy atom. The molecule has 3 unspecified atom stereocenters. The van der Waals surface area contributed by atoms with Crippen molar-refractivity contribution in [1.82, 2.24) is 5.32 Å². The highest BCUT2D eigenvalue weighted by atomic mass is 16.5. The lowest BCUT2D eigenvalue weighted by Gasteiger charge is -2.24. The number of nitrogens with one attached hydrogen (secondary N) is 1. The number of unbranched alkanes of at least 4 members (excludes halogenated alkanes) is 40. The van der Waals surface area contributed by atoms with Crippen LogP contribution in [0.2, 0.25) is 0 Å². The lowest BCUT2D eigenvalue weighted by atomic mass is 10.0. The van der Waals surface area contributed by atoms with Crippen LogP contribution < -0.4 is 5.32 Å². The second-order valence-corrected chi connectivity index (χ2v) is 21.1. The Morgan fingerprint density at radius 3 is 1.04 bits per heavy atom. The minimum atomic E-state index is -0.788. The van der Waals surface area contributed by atoms with E-state index in [-0.39, 0.29) is 24.9 Å². The molecule has 68 heavy (non-hydrogen) atoms. The van der Waals surface area contributed by atoms with Crippen LogP contribution in [0.25, 0.3) is 0 Å². The number of allylic oxidation sites excluding steroid dienone is 4. The highest BCUT2D eigenvalue weighted by Crippen LogP contribution is 2.19. The molecule has 0 aliphatic carbocycles. The van der Waals surface area contributed by atoms with E-state index < -0.39 is 18.2 Å². The third-order valence-electron chi connectivity index (χ3n) is 14.3. The van der Waals surface area contributed by atoms with Gasteiger partial charge >= 0.3 is 5.97 Å². The van der Waals surface area contributed by atoms with Gasteiger partial charge in [-0.2, -0.15) is 0 Å². The smallest absolute Gasteiger partial charge is 0.306 e. The van der Waals surface area contributed by atoms with Gasteiger partial charge in [-0.3, -0.25) is 9.59 Å². The van der Waals surface area contributed by atoms with Crippen LogP contribution in [-0.2, 0) is 14.3 Å². The van der Waals surface area contributed by atoms with Crippen molar-refractivity contribution in [3.05, 3.63) is 24.3 Å². The first-order chi connectivity index (χ1) is 33.5. The average molecular weight is 959 g/mol. The highest BCUT2D eigenvalue weighted by Gasteiger charge is 2.24. The van der Waals surface area contributed by atoms with Crippen molar-refractivity contribution in [2.24, 2.45) is 0 Å². The largest absolute Gasteiger partial charge is 0.462 e. The molecule has 3 atom stereocenters. The number of carbonyl (C=O) groups excluding carboxylic acids is 2. The van der Waals surface area contributed by atoms with E-state index in [0.29, 0.717) is 19.3 Å². The molecule has 0 spiro atoms. The molecule has 0 aromatic rings. The number of carbonyl (C=O) groups is 2. The van der Waals surface area contributed by atoms with Gasteiger partial charge in [0.1, 0.15) is 6.10 Å². The molecule has 0 heterocycles. The molecule has 6 heteroatoms. The Bertz CT molecular complexity index is 1080. The van der Waals surface area contributed by atoms with Crippen molar-refractivity contribution in [3.63, 3.8) is 0 Å². The number of aliphatic hydroxyl groups is 2. The Balaban J connectivity index is 4.50. The van der Waals surface area contributed by atoms with Gasteiger partial charge < -0.3 is 20.3 Å². The second kappa shape index (κ2) is 56.3. The van der Waals surface area contributed by atoms with Gasteiger partial charge in [0.05, 0.1) is 25.2 Å². The van der Waals surface area contributed by atoms with Crippen molar-refractivity contribution in [1.29, 1.82) is 0 Å². The van der Waals surface area contributed by atoms with Crippen LogP contribution >= 0.6 is 0 Å². The molecular formula is C62H119NO5. The van der Waals surface area contributed by atoms with Gasteiger partial charge in [-0.05, 0) is 77.0 Å². The van der Waals surface area contributed by atoms with Crippen LogP contribution in [0, 0.1) is 0 Å². The fraction of sp³-hybridized carbons (Fsp3) is 0.903. The molecule has 0 saturated heterocycles. The first-order valence-electron chi connectivity index (χ1n) is 30.6. The van der Waals surface area contributed by atoms with Crippen molar-refractivity contribution in [2.45, 2.75) is 354 Å². The van der Waals surface area contributed by atoms with Gasteiger partial charge in [0, 0.05) is 6.42 Å². The SMILES string of the molecule is CCCCCCCC/C=C/CCCCCCCCCCCC(=O)OC(CCCCCCC/C=C/CCCCCCCC)CC(=O)NC(CO)C(O)CCCCCCCCCCCCCCCCC. The maximum Gasteiger partial charge on any atom is 0.306 e. The molecule has 0 aromatic heterocycles. The summed E-state index contributed by atoms with van der Waals surface area (Å²) in [7, 11) is 0. The van der Waals surface area contributed by atoms with E-state index >= 15 is 0 Å². The van der Waals surface area contributed by atoms with E-state index in [2.05, 4.69) is 50.4 Å². The fourth-order valence-corrected chi connectivity index (χ4v) is 9.60. The average Bonchev–Trinajstić information content (AvgIpc) is 3.33. The summed E-state index contributed by atoms with van der Waals surface area (Å²) in [5.74, 6) is -0.464. The second-order valence-electron chi connectivity index (χ2n) is 21.1. The van der Waals surface area contributed by atoms with E-state index in [0.717, 1.165) is 57.8 Å². The molecule has 0 aliphatic heterocycles. The van der Waals surface area contributed by atoms with Crippen molar-refractivity contribution >= 4 is 11.9 Å². The van der Waals surface area contributed by atoms with Gasteiger partial charge in [-0.1, -0.05) is 270 Å². The molecule has 402 valence electrons. The van der Waals surface area contributed by atoms with Crippen LogP contribution in [0.1, 0.15) is 335 Å². The van der Waals surface area contributed by atoms with Crippen LogP contribution in [0.4, 0.5) is 0 Å². The number of amides is 1. The van der Waals surface area contributed by atoms with Crippen molar-refractivity contribution in [3.8, 4) is 0 Å². The van der Waals surface area contributed by atoms with Gasteiger partial charge in [-0.15, -0.1) is 0 Å². The zero-order chi connectivity index (χ0) is 49.5. The van der Waals surface area contributed by atoms with Gasteiger partial charge in [0.25, 0.3) is 0 Å². The number of hydrogen-bond acceptors (Lipinski definition) is 5. The number of esters is 1. The Kier molecular flexibility index (Phi) is 54.9. The number of aliphatic hydroxyl groups excluding tert-OH is 2. The summed E-state index contributed by atoms with van der Waals surface area (Å²) < 4.78 is 5.97. The van der Waals surface area contributed by atoms with E-state index in [1.807, 2.05) is 0 Å². The molecule has 0 aromatic carbocycles. The molecule has 0 bridgehead atoms. The van der Waals surface area contributed by atoms with Crippen LogP contribution in [-0.4, -0.2) is 46.9 Å². The van der Waals surface area contributed by atoms with Crippen molar-refractivity contribution in [2.75, 3.05) is 6.61 Å². The molecule has 0 fully saturated rings. The number of hydrogen-bond donors (Lipinski definition) is 3. The molecule has 6 nitrogen and oxygen atoms in total. The Labute approximate surface area is 424 Å². The zero-order valence-electron chi connectivity index (χ0n) is 46.0. The summed E-state index contributed by atoms with van der Waals surface area (Å²) in [5.41, 5.74) is 0. The lowest BCUT2D eigenvalue weighted by molar-refractivity contribution is -0.151. The van der Waals surface area contributed by atoms with Crippen molar-refractivity contribution < 1.29 is 24.5 Å². The zero-order valence-corrected chi connectivity index (χ0v) is 46.0. The molecule has 0 saturated carbocycles. The fourth-order valence-electron chi connectivity index (χ4n) is 9.60. The third-order valence-corrected chi connectivity index (χ3v) is 14.3. The molecule has 0 radical (unpaired) electrons. The van der Waals surface area contributed by atoms with E-state index in [4.69, 9.17) is 4.74 Å². The summed E-state index contributed by atoms with van der Waals surface area (Å²) in [6.45, 7) is 6.52. The highest BCUT2D eigenvalue weighted by molar-refractivity contribution is 5.77. The standard InChI is InChI=1S/C62H119NO5/c1-4-7-10-13-16-19-22-25-28-29-30-31-34-37-40-43-46-49-52-55-62(67)68-58(53-50-47-44-41-38-35-32-26-23-20-17-14-11-8-5-2)56-61(66)63-59(57-64)60(65)54-51-48-45-42-39-36-33-27-24-21-18-15-12-9-6-3/h25-26,28,32,58-60,64-65H,4-24,27,29-31,33-57H2,1-3H3,(H,63,66)/b28-25+,32-26+. The summed E-state index contributed by atoms with van der Waals surface area (Å²) in [4.78, 5) is 26.3. The number of rotatable bonds is 56. The summed E-state index contributed by atoms with van der Waals surface area (Å²) in [5, 5.41) is 23.9.